The molecule has 0 aliphatic rings. The van der Waals surface area contributed by atoms with E-state index in [2.05, 4.69) is 41.5 Å². The fourth-order valence-electron chi connectivity index (χ4n) is 2.00. The van der Waals surface area contributed by atoms with E-state index in [-0.39, 0.29) is 29.1 Å². The van der Waals surface area contributed by atoms with Gasteiger partial charge in [-0.25, -0.2) is 0 Å². The van der Waals surface area contributed by atoms with Crippen molar-refractivity contribution >= 4 is 8.80 Å². The van der Waals surface area contributed by atoms with E-state index in [1.54, 1.807) is 0 Å². The van der Waals surface area contributed by atoms with Crippen molar-refractivity contribution < 1.29 is 20.3 Å². The summed E-state index contributed by atoms with van der Waals surface area (Å²) in [6.45, 7) is 14.2. The van der Waals surface area contributed by atoms with Crippen LogP contribution in [0.2, 0.25) is 16.6 Å². The Hall–Kier alpha value is 0.814. The van der Waals surface area contributed by atoms with E-state index in [0.717, 1.165) is 16.6 Å². The van der Waals surface area contributed by atoms with Crippen LogP contribution in [0.5, 0.6) is 0 Å². The second-order valence-corrected chi connectivity index (χ2v) is 8.43. The SMILES string of the molecule is CC(C)[Si](C(C)C)C(C)C.[H-].[Li+]. The molecule has 0 spiro atoms. The van der Waals surface area contributed by atoms with Crippen LogP contribution in [0.25, 0.3) is 0 Å². The maximum atomic E-state index is 2.37. The summed E-state index contributed by atoms with van der Waals surface area (Å²) in [5.41, 5.74) is 2.81. The summed E-state index contributed by atoms with van der Waals surface area (Å²) in [7, 11) is -0.0957. The van der Waals surface area contributed by atoms with Crippen molar-refractivity contribution in [3.63, 3.8) is 0 Å². The van der Waals surface area contributed by atoms with Gasteiger partial charge in [-0.1, -0.05) is 58.2 Å². The zero-order valence-electron chi connectivity index (χ0n) is 10.2. The van der Waals surface area contributed by atoms with E-state index < -0.39 is 0 Å². The molecule has 0 fully saturated rings. The zero-order chi connectivity index (χ0) is 8.31. The van der Waals surface area contributed by atoms with E-state index >= 15 is 0 Å². The molecular formula is C9H22LiSi. The first-order valence-electron chi connectivity index (χ1n) is 4.33. The zero-order valence-corrected chi connectivity index (χ0v) is 10.2. The van der Waals surface area contributed by atoms with Crippen LogP contribution in [0.15, 0.2) is 0 Å². The number of hydrogen-bond acceptors (Lipinski definition) is 0. The van der Waals surface area contributed by atoms with E-state index in [9.17, 15) is 0 Å². The van der Waals surface area contributed by atoms with Crippen molar-refractivity contribution in [2.45, 2.75) is 58.2 Å². The Kier molecular flexibility index (Phi) is 8.27. The van der Waals surface area contributed by atoms with E-state index in [1.807, 2.05) is 0 Å². The van der Waals surface area contributed by atoms with Crippen molar-refractivity contribution in [1.82, 2.24) is 0 Å². The topological polar surface area (TPSA) is 0 Å². The monoisotopic (exact) mass is 165 g/mol. The van der Waals surface area contributed by atoms with Crippen LogP contribution in [-0.4, -0.2) is 8.80 Å². The third kappa shape index (κ3) is 5.12. The summed E-state index contributed by atoms with van der Waals surface area (Å²) in [5, 5.41) is 0. The van der Waals surface area contributed by atoms with Crippen molar-refractivity contribution in [3.05, 3.63) is 0 Å². The van der Waals surface area contributed by atoms with E-state index in [4.69, 9.17) is 0 Å². The molecule has 63 valence electrons. The smallest absolute Gasteiger partial charge is 1.00 e. The second-order valence-electron chi connectivity index (χ2n) is 3.96. The maximum Gasteiger partial charge on any atom is 1.00 e. The fourth-order valence-corrected chi connectivity index (χ4v) is 6.00. The molecule has 0 aromatic carbocycles. The number of hydrogen-bond donors (Lipinski definition) is 0. The molecule has 0 aromatic rings. The minimum atomic E-state index is -0.0957. The Morgan fingerprint density at radius 2 is 0.909 bits per heavy atom. The molecule has 0 saturated heterocycles. The molecule has 0 nitrogen and oxygen atoms in total. The Labute approximate surface area is 87.4 Å². The molecule has 0 heterocycles. The van der Waals surface area contributed by atoms with Crippen LogP contribution >= 0.6 is 0 Å². The van der Waals surface area contributed by atoms with Crippen LogP contribution in [0.1, 0.15) is 43.0 Å². The minimum Gasteiger partial charge on any atom is -1.00 e. The Bertz CT molecular complexity index is 75.5. The largest absolute Gasteiger partial charge is 1.00 e. The molecule has 0 bridgehead atoms. The molecule has 11 heavy (non-hydrogen) atoms. The summed E-state index contributed by atoms with van der Waals surface area (Å²) in [6.07, 6.45) is 0. The molecule has 0 unspecified atom stereocenters. The van der Waals surface area contributed by atoms with Crippen LogP contribution < -0.4 is 18.9 Å². The quantitative estimate of drug-likeness (QED) is 0.543. The third-order valence-electron chi connectivity index (χ3n) is 2.00. The molecule has 0 rings (SSSR count). The van der Waals surface area contributed by atoms with Gasteiger partial charge < -0.3 is 1.43 Å². The molecule has 0 atom stereocenters. The van der Waals surface area contributed by atoms with Gasteiger partial charge in [-0.3, -0.25) is 0 Å². The van der Waals surface area contributed by atoms with Gasteiger partial charge in [0.25, 0.3) is 0 Å². The first-order valence-corrected chi connectivity index (χ1v) is 6.06. The van der Waals surface area contributed by atoms with Crippen molar-refractivity contribution in [2.75, 3.05) is 0 Å². The van der Waals surface area contributed by atoms with E-state index in [1.165, 1.54) is 0 Å². The Morgan fingerprint density at radius 1 is 0.727 bits per heavy atom. The molecule has 0 saturated carbocycles. The van der Waals surface area contributed by atoms with Gasteiger partial charge in [-0.2, -0.15) is 0 Å². The molecular weight excluding hydrogens is 143 g/mol. The molecule has 0 aliphatic carbocycles. The first kappa shape index (κ1) is 14.3. The molecule has 0 aromatic heterocycles. The summed E-state index contributed by atoms with van der Waals surface area (Å²) in [4.78, 5) is 0. The molecule has 0 aliphatic heterocycles. The van der Waals surface area contributed by atoms with Gasteiger partial charge in [0, 0.05) is 0 Å². The van der Waals surface area contributed by atoms with Gasteiger partial charge in [-0.05, 0) is 0 Å². The van der Waals surface area contributed by atoms with E-state index in [0.29, 0.717) is 0 Å². The van der Waals surface area contributed by atoms with Gasteiger partial charge in [0.1, 0.15) is 0 Å². The summed E-state index contributed by atoms with van der Waals surface area (Å²) in [6, 6.07) is 0. The molecule has 1 radical (unpaired) electrons. The second kappa shape index (κ2) is 6.34. The van der Waals surface area contributed by atoms with Crippen LogP contribution in [0.4, 0.5) is 0 Å². The van der Waals surface area contributed by atoms with Crippen LogP contribution in [-0.2, 0) is 0 Å². The van der Waals surface area contributed by atoms with Gasteiger partial charge in [0.15, 0.2) is 0 Å². The van der Waals surface area contributed by atoms with Crippen molar-refractivity contribution in [3.8, 4) is 0 Å². The molecule has 0 N–H and O–H groups in total. The summed E-state index contributed by atoms with van der Waals surface area (Å²) < 4.78 is 0. The first-order chi connectivity index (χ1) is 4.46. The summed E-state index contributed by atoms with van der Waals surface area (Å²) in [5.74, 6) is 0. The van der Waals surface area contributed by atoms with Crippen molar-refractivity contribution in [2.24, 2.45) is 0 Å². The standard InChI is InChI=1S/C9H21Si.Li.H/c1-7(2)10(8(3)4)9(5)6;;/h7-9H,1-6H3;;/q;+1;-1. The third-order valence-corrected chi connectivity index (χ3v) is 6.00. The van der Waals surface area contributed by atoms with Gasteiger partial charge in [-0.15, -0.1) is 0 Å². The average molecular weight is 165 g/mol. The Morgan fingerprint density at radius 3 is 0.909 bits per heavy atom. The fraction of sp³-hybridized carbons (Fsp3) is 1.00. The molecule has 0 amide bonds. The van der Waals surface area contributed by atoms with Crippen molar-refractivity contribution in [1.29, 1.82) is 0 Å². The molecule has 2 heteroatoms. The van der Waals surface area contributed by atoms with Gasteiger partial charge in [0.2, 0.25) is 0 Å². The maximum absolute atomic E-state index is 2.37. The van der Waals surface area contributed by atoms with Crippen LogP contribution in [0.3, 0.4) is 0 Å². The van der Waals surface area contributed by atoms with Gasteiger partial charge in [0.05, 0.1) is 8.80 Å². The minimum absolute atomic E-state index is 0. The number of rotatable bonds is 3. The van der Waals surface area contributed by atoms with Crippen LogP contribution in [0, 0.1) is 0 Å². The normalized spacial score (nSPS) is 11.5. The summed E-state index contributed by atoms with van der Waals surface area (Å²) >= 11 is 0. The predicted octanol–water partition coefficient (Wildman–Crippen LogP) is 0.828. The Balaban J connectivity index is -0.000000405. The predicted molar refractivity (Wildman–Crippen MR) is 52.2 cm³/mol. The van der Waals surface area contributed by atoms with Gasteiger partial charge >= 0.3 is 18.9 Å². The average Bonchev–Trinajstić information content (AvgIpc) is 1.59.